The number of aryl methyl sites for hydroxylation is 1. The van der Waals surface area contributed by atoms with E-state index in [1.165, 1.54) is 11.6 Å². The summed E-state index contributed by atoms with van der Waals surface area (Å²) in [5.74, 6) is 2.32. The van der Waals surface area contributed by atoms with Gasteiger partial charge < -0.3 is 9.42 Å². The van der Waals surface area contributed by atoms with Crippen LogP contribution in [-0.4, -0.2) is 29.1 Å². The Morgan fingerprint density at radius 3 is 2.53 bits per heavy atom. The first-order valence-corrected chi connectivity index (χ1v) is 10.8. The lowest BCUT2D eigenvalue weighted by molar-refractivity contribution is 0.145. The molecule has 0 saturated heterocycles. The van der Waals surface area contributed by atoms with Crippen molar-refractivity contribution in [1.29, 1.82) is 0 Å². The third-order valence-electron chi connectivity index (χ3n) is 6.29. The number of nitrogens with zero attached hydrogens (tertiary/aromatic N) is 3. The highest BCUT2D eigenvalue weighted by atomic mass is 19.1. The minimum Gasteiger partial charge on any atom is -0.339 e. The number of hydrogen-bond donors (Lipinski definition) is 0. The maximum atomic E-state index is 13.8. The van der Waals surface area contributed by atoms with Gasteiger partial charge in [-0.1, -0.05) is 41.1 Å². The molecule has 5 heteroatoms. The summed E-state index contributed by atoms with van der Waals surface area (Å²) >= 11 is 0. The van der Waals surface area contributed by atoms with Gasteiger partial charge in [0.05, 0.1) is 0 Å². The predicted octanol–water partition coefficient (Wildman–Crippen LogP) is 5.84. The summed E-state index contributed by atoms with van der Waals surface area (Å²) < 4.78 is 19.3. The molecule has 1 unspecified atom stereocenters. The Morgan fingerprint density at radius 1 is 1.07 bits per heavy atom. The summed E-state index contributed by atoms with van der Waals surface area (Å²) in [7, 11) is 4.18. The van der Waals surface area contributed by atoms with E-state index in [9.17, 15) is 4.39 Å². The SMILES string of the molecule is Cc1cccc(-c2noc(CC3CCC(C(c4cccc(F)c4)N(C)C)CC3)n2)c1. The topological polar surface area (TPSA) is 42.2 Å². The third kappa shape index (κ3) is 4.78. The second-order valence-electron chi connectivity index (χ2n) is 8.83. The highest BCUT2D eigenvalue weighted by Crippen LogP contribution is 2.40. The van der Waals surface area contributed by atoms with Gasteiger partial charge in [-0.3, -0.25) is 0 Å². The standard InChI is InChI=1S/C25H30FN3O/c1-17-6-4-8-21(14-17)25-27-23(30-28-25)15-18-10-12-19(13-11-18)24(29(2)3)20-7-5-9-22(26)16-20/h4-9,14,16,18-19,24H,10-13,15H2,1-3H3. The largest absolute Gasteiger partial charge is 0.339 e. The van der Waals surface area contributed by atoms with Crippen molar-refractivity contribution in [3.05, 3.63) is 71.4 Å². The molecule has 0 bridgehead atoms. The van der Waals surface area contributed by atoms with Gasteiger partial charge in [0.25, 0.3) is 0 Å². The Balaban J connectivity index is 1.38. The van der Waals surface area contributed by atoms with Crippen LogP contribution in [-0.2, 0) is 6.42 Å². The summed E-state index contributed by atoms with van der Waals surface area (Å²) in [5.41, 5.74) is 3.26. The van der Waals surface area contributed by atoms with Crippen molar-refractivity contribution >= 4 is 0 Å². The molecule has 4 rings (SSSR count). The van der Waals surface area contributed by atoms with Crippen molar-refractivity contribution in [2.24, 2.45) is 11.8 Å². The van der Waals surface area contributed by atoms with Gasteiger partial charge in [0.15, 0.2) is 0 Å². The monoisotopic (exact) mass is 407 g/mol. The molecule has 1 aliphatic rings. The molecule has 1 atom stereocenters. The van der Waals surface area contributed by atoms with Crippen LogP contribution in [0.25, 0.3) is 11.4 Å². The van der Waals surface area contributed by atoms with Crippen molar-refractivity contribution in [2.45, 2.75) is 45.1 Å². The lowest BCUT2D eigenvalue weighted by Crippen LogP contribution is -2.30. The number of benzene rings is 2. The van der Waals surface area contributed by atoms with E-state index < -0.39 is 0 Å². The highest BCUT2D eigenvalue weighted by molar-refractivity contribution is 5.55. The molecule has 0 N–H and O–H groups in total. The van der Waals surface area contributed by atoms with Gasteiger partial charge >= 0.3 is 0 Å². The fraction of sp³-hybridized carbons (Fsp3) is 0.440. The van der Waals surface area contributed by atoms with Gasteiger partial charge in [0.1, 0.15) is 5.82 Å². The number of aromatic nitrogens is 2. The maximum absolute atomic E-state index is 13.8. The van der Waals surface area contributed by atoms with Gasteiger partial charge in [-0.05, 0) is 82.3 Å². The molecule has 2 aromatic carbocycles. The van der Waals surface area contributed by atoms with Crippen LogP contribution in [0.4, 0.5) is 4.39 Å². The summed E-state index contributed by atoms with van der Waals surface area (Å²) in [6.45, 7) is 2.06. The van der Waals surface area contributed by atoms with Crippen LogP contribution in [0, 0.1) is 24.6 Å². The van der Waals surface area contributed by atoms with E-state index in [1.807, 2.05) is 24.3 Å². The molecule has 0 spiro atoms. The number of halogens is 1. The Kier molecular flexibility index (Phi) is 6.28. The zero-order chi connectivity index (χ0) is 21.1. The van der Waals surface area contributed by atoms with Gasteiger partial charge in [0, 0.05) is 18.0 Å². The molecule has 3 aromatic rings. The fourth-order valence-corrected chi connectivity index (χ4v) is 4.88. The smallest absolute Gasteiger partial charge is 0.227 e. The molecule has 0 amide bonds. The summed E-state index contributed by atoms with van der Waals surface area (Å²) in [5, 5.41) is 4.18. The minimum absolute atomic E-state index is 0.158. The molecular formula is C25H30FN3O. The van der Waals surface area contributed by atoms with Gasteiger partial charge in [-0.2, -0.15) is 4.98 Å². The molecule has 1 aliphatic carbocycles. The maximum Gasteiger partial charge on any atom is 0.227 e. The summed E-state index contributed by atoms with van der Waals surface area (Å²) in [6, 6.07) is 15.5. The first-order valence-electron chi connectivity index (χ1n) is 10.8. The molecule has 1 heterocycles. The second kappa shape index (κ2) is 9.09. The average molecular weight is 408 g/mol. The van der Waals surface area contributed by atoms with E-state index >= 15 is 0 Å². The second-order valence-corrected chi connectivity index (χ2v) is 8.83. The first-order chi connectivity index (χ1) is 14.5. The molecule has 1 aromatic heterocycles. The van der Waals surface area contributed by atoms with E-state index in [0.29, 0.717) is 17.7 Å². The van der Waals surface area contributed by atoms with Crippen molar-refractivity contribution in [3.63, 3.8) is 0 Å². The van der Waals surface area contributed by atoms with Crippen molar-refractivity contribution in [3.8, 4) is 11.4 Å². The Morgan fingerprint density at radius 2 is 1.83 bits per heavy atom. The van der Waals surface area contributed by atoms with E-state index in [0.717, 1.165) is 49.1 Å². The number of hydrogen-bond acceptors (Lipinski definition) is 4. The highest BCUT2D eigenvalue weighted by Gasteiger charge is 2.31. The van der Waals surface area contributed by atoms with E-state index in [4.69, 9.17) is 4.52 Å². The Bertz CT molecular complexity index is 976. The summed E-state index contributed by atoms with van der Waals surface area (Å²) in [6.07, 6.45) is 5.35. The van der Waals surface area contributed by atoms with Crippen LogP contribution in [0.5, 0.6) is 0 Å². The molecule has 158 valence electrons. The van der Waals surface area contributed by atoms with Gasteiger partial charge in [0.2, 0.25) is 11.7 Å². The minimum atomic E-state index is -0.158. The van der Waals surface area contributed by atoms with Crippen LogP contribution in [0.3, 0.4) is 0 Å². The zero-order valence-corrected chi connectivity index (χ0v) is 18.0. The normalized spacial score (nSPS) is 20.4. The first kappa shape index (κ1) is 20.7. The fourth-order valence-electron chi connectivity index (χ4n) is 4.88. The molecule has 0 radical (unpaired) electrons. The van der Waals surface area contributed by atoms with Gasteiger partial charge in [-0.15, -0.1) is 0 Å². The van der Waals surface area contributed by atoms with Crippen LogP contribution in [0.15, 0.2) is 53.1 Å². The van der Waals surface area contributed by atoms with Crippen LogP contribution in [0.2, 0.25) is 0 Å². The zero-order valence-electron chi connectivity index (χ0n) is 18.0. The Labute approximate surface area is 178 Å². The van der Waals surface area contributed by atoms with Crippen molar-refractivity contribution in [2.75, 3.05) is 14.1 Å². The Hall–Kier alpha value is -2.53. The molecule has 1 fully saturated rings. The van der Waals surface area contributed by atoms with Crippen LogP contribution < -0.4 is 0 Å². The quantitative estimate of drug-likeness (QED) is 0.515. The summed E-state index contributed by atoms with van der Waals surface area (Å²) in [4.78, 5) is 6.86. The van der Waals surface area contributed by atoms with Gasteiger partial charge in [-0.25, -0.2) is 4.39 Å². The van der Waals surface area contributed by atoms with Crippen LogP contribution >= 0.6 is 0 Å². The van der Waals surface area contributed by atoms with Crippen molar-refractivity contribution < 1.29 is 8.91 Å². The van der Waals surface area contributed by atoms with Crippen LogP contribution in [0.1, 0.15) is 48.7 Å². The average Bonchev–Trinajstić information content (AvgIpc) is 3.18. The van der Waals surface area contributed by atoms with E-state index in [1.54, 1.807) is 6.07 Å². The molecule has 30 heavy (non-hydrogen) atoms. The lowest BCUT2D eigenvalue weighted by atomic mass is 9.75. The molecule has 0 aliphatic heterocycles. The third-order valence-corrected chi connectivity index (χ3v) is 6.29. The molecular weight excluding hydrogens is 377 g/mol. The molecule has 4 nitrogen and oxygen atoms in total. The molecule has 1 saturated carbocycles. The van der Waals surface area contributed by atoms with E-state index in [-0.39, 0.29) is 11.9 Å². The van der Waals surface area contributed by atoms with E-state index in [2.05, 4.69) is 48.2 Å². The van der Waals surface area contributed by atoms with Crippen molar-refractivity contribution in [1.82, 2.24) is 15.0 Å². The number of rotatable bonds is 6. The predicted molar refractivity (Wildman–Crippen MR) is 116 cm³/mol. The lowest BCUT2D eigenvalue weighted by Gasteiger charge is -2.37.